The molecule has 6 heteroatoms. The van der Waals surface area contributed by atoms with Crippen molar-refractivity contribution in [2.45, 2.75) is 25.6 Å². The van der Waals surface area contributed by atoms with Crippen LogP contribution in [0, 0.1) is 0 Å². The standard InChI is InChI=1S/C11H13BrF3NO/c1-7(4-5-16)17-10-6-8(11(13,14)15)2-3-9(10)12/h2-3,6-7H,4-5,16H2,1H3. The Labute approximate surface area is 106 Å². The number of ether oxygens (including phenoxy) is 1. The summed E-state index contributed by atoms with van der Waals surface area (Å²) in [4.78, 5) is 0. The van der Waals surface area contributed by atoms with E-state index < -0.39 is 11.7 Å². The van der Waals surface area contributed by atoms with Gasteiger partial charge in [-0.05, 0) is 54.0 Å². The molecule has 1 unspecified atom stereocenters. The summed E-state index contributed by atoms with van der Waals surface area (Å²) in [5, 5.41) is 0. The van der Waals surface area contributed by atoms with Gasteiger partial charge in [0.05, 0.1) is 16.1 Å². The van der Waals surface area contributed by atoms with Gasteiger partial charge in [-0.2, -0.15) is 13.2 Å². The van der Waals surface area contributed by atoms with Crippen molar-refractivity contribution in [2.24, 2.45) is 5.73 Å². The fourth-order valence-corrected chi connectivity index (χ4v) is 1.62. The van der Waals surface area contributed by atoms with Gasteiger partial charge >= 0.3 is 6.18 Å². The van der Waals surface area contributed by atoms with Crippen molar-refractivity contribution in [3.05, 3.63) is 28.2 Å². The van der Waals surface area contributed by atoms with E-state index in [4.69, 9.17) is 10.5 Å². The number of halogens is 4. The molecule has 0 saturated heterocycles. The van der Waals surface area contributed by atoms with Crippen molar-refractivity contribution in [2.75, 3.05) is 6.54 Å². The van der Waals surface area contributed by atoms with E-state index in [1.54, 1.807) is 6.92 Å². The van der Waals surface area contributed by atoms with Crippen LogP contribution in [0.4, 0.5) is 13.2 Å². The molecule has 0 aliphatic rings. The third-order valence-electron chi connectivity index (χ3n) is 2.16. The molecule has 17 heavy (non-hydrogen) atoms. The molecular weight excluding hydrogens is 299 g/mol. The molecule has 2 nitrogen and oxygen atoms in total. The first-order chi connectivity index (χ1) is 7.84. The van der Waals surface area contributed by atoms with Crippen LogP contribution in [0.25, 0.3) is 0 Å². The minimum absolute atomic E-state index is 0.181. The van der Waals surface area contributed by atoms with Crippen LogP contribution in [0.2, 0.25) is 0 Å². The van der Waals surface area contributed by atoms with Crippen molar-refractivity contribution >= 4 is 15.9 Å². The lowest BCUT2D eigenvalue weighted by molar-refractivity contribution is -0.137. The average molecular weight is 312 g/mol. The molecular formula is C11H13BrF3NO. The number of nitrogens with two attached hydrogens (primary N) is 1. The molecule has 0 saturated carbocycles. The van der Waals surface area contributed by atoms with Gasteiger partial charge in [-0.15, -0.1) is 0 Å². The van der Waals surface area contributed by atoms with Gasteiger partial charge < -0.3 is 10.5 Å². The third kappa shape index (κ3) is 4.20. The molecule has 1 aromatic rings. The highest BCUT2D eigenvalue weighted by Gasteiger charge is 2.31. The van der Waals surface area contributed by atoms with Gasteiger partial charge in [0.1, 0.15) is 5.75 Å². The summed E-state index contributed by atoms with van der Waals surface area (Å²) in [7, 11) is 0. The van der Waals surface area contributed by atoms with E-state index >= 15 is 0 Å². The molecule has 0 aliphatic carbocycles. The van der Waals surface area contributed by atoms with Crippen LogP contribution in [0.1, 0.15) is 18.9 Å². The van der Waals surface area contributed by atoms with E-state index in [0.717, 1.165) is 12.1 Å². The van der Waals surface area contributed by atoms with E-state index in [0.29, 0.717) is 17.4 Å². The average Bonchev–Trinajstić information content (AvgIpc) is 2.20. The Morgan fingerprint density at radius 3 is 2.59 bits per heavy atom. The van der Waals surface area contributed by atoms with Gasteiger partial charge in [-0.25, -0.2) is 0 Å². The topological polar surface area (TPSA) is 35.2 Å². The fourth-order valence-electron chi connectivity index (χ4n) is 1.28. The van der Waals surface area contributed by atoms with E-state index in [9.17, 15) is 13.2 Å². The molecule has 0 aromatic heterocycles. The Bertz CT molecular complexity index is 381. The molecule has 1 aromatic carbocycles. The summed E-state index contributed by atoms with van der Waals surface area (Å²) in [5.74, 6) is 0.181. The lowest BCUT2D eigenvalue weighted by atomic mass is 10.2. The summed E-state index contributed by atoms with van der Waals surface area (Å²) in [5.41, 5.74) is 4.62. The molecule has 0 fully saturated rings. The van der Waals surface area contributed by atoms with Crippen LogP contribution in [0.5, 0.6) is 5.75 Å². The summed E-state index contributed by atoms with van der Waals surface area (Å²) >= 11 is 3.15. The molecule has 0 amide bonds. The van der Waals surface area contributed by atoms with Gasteiger partial charge in [0.2, 0.25) is 0 Å². The van der Waals surface area contributed by atoms with Crippen molar-refractivity contribution in [1.82, 2.24) is 0 Å². The van der Waals surface area contributed by atoms with Gasteiger partial charge in [0.25, 0.3) is 0 Å². The van der Waals surface area contributed by atoms with E-state index in [1.807, 2.05) is 0 Å². The zero-order valence-electron chi connectivity index (χ0n) is 9.22. The SMILES string of the molecule is CC(CCN)Oc1cc(C(F)(F)F)ccc1Br. The summed E-state index contributed by atoms with van der Waals surface area (Å²) in [6.07, 6.45) is -4.00. The second-order valence-corrected chi connectivity index (χ2v) is 4.50. The second-order valence-electron chi connectivity index (χ2n) is 3.65. The predicted octanol–water partition coefficient (Wildman–Crippen LogP) is 3.58. The lowest BCUT2D eigenvalue weighted by Gasteiger charge is -2.16. The second kappa shape index (κ2) is 5.73. The number of rotatable bonds is 4. The van der Waals surface area contributed by atoms with E-state index in [1.165, 1.54) is 6.07 Å². The van der Waals surface area contributed by atoms with Crippen molar-refractivity contribution in [3.8, 4) is 5.75 Å². The first-order valence-electron chi connectivity index (χ1n) is 5.08. The number of alkyl halides is 3. The first kappa shape index (κ1) is 14.3. The van der Waals surface area contributed by atoms with E-state index in [-0.39, 0.29) is 11.9 Å². The van der Waals surface area contributed by atoms with Crippen LogP contribution in [0.3, 0.4) is 0 Å². The third-order valence-corrected chi connectivity index (χ3v) is 2.81. The van der Waals surface area contributed by atoms with Gasteiger partial charge in [-0.1, -0.05) is 0 Å². The summed E-state index contributed by atoms with van der Waals surface area (Å²) in [6, 6.07) is 3.31. The molecule has 0 radical (unpaired) electrons. The van der Waals surface area contributed by atoms with Crippen molar-refractivity contribution < 1.29 is 17.9 Å². The molecule has 1 rings (SSSR count). The Morgan fingerprint density at radius 2 is 2.06 bits per heavy atom. The highest BCUT2D eigenvalue weighted by atomic mass is 79.9. The van der Waals surface area contributed by atoms with Crippen molar-refractivity contribution in [1.29, 1.82) is 0 Å². The first-order valence-corrected chi connectivity index (χ1v) is 5.87. The summed E-state index contributed by atoms with van der Waals surface area (Å²) < 4.78 is 43.4. The van der Waals surface area contributed by atoms with E-state index in [2.05, 4.69) is 15.9 Å². The normalized spacial score (nSPS) is 13.5. The maximum atomic E-state index is 12.5. The quantitative estimate of drug-likeness (QED) is 0.922. The summed E-state index contributed by atoms with van der Waals surface area (Å²) in [6.45, 7) is 2.19. The fraction of sp³-hybridized carbons (Fsp3) is 0.455. The maximum Gasteiger partial charge on any atom is 0.416 e. The molecule has 0 bridgehead atoms. The lowest BCUT2D eigenvalue weighted by Crippen LogP contribution is -2.17. The highest BCUT2D eigenvalue weighted by molar-refractivity contribution is 9.10. The Morgan fingerprint density at radius 1 is 1.41 bits per heavy atom. The smallest absolute Gasteiger partial charge is 0.416 e. The van der Waals surface area contributed by atoms with Gasteiger partial charge in [-0.3, -0.25) is 0 Å². The minimum Gasteiger partial charge on any atom is -0.489 e. The number of hydrogen-bond acceptors (Lipinski definition) is 2. The molecule has 0 spiro atoms. The van der Waals surface area contributed by atoms with Crippen LogP contribution >= 0.6 is 15.9 Å². The molecule has 2 N–H and O–H groups in total. The number of hydrogen-bond donors (Lipinski definition) is 1. The molecule has 0 heterocycles. The maximum absolute atomic E-state index is 12.5. The monoisotopic (exact) mass is 311 g/mol. The van der Waals surface area contributed by atoms with Gasteiger partial charge in [0, 0.05) is 0 Å². The Hall–Kier alpha value is -0.750. The largest absolute Gasteiger partial charge is 0.489 e. The Balaban J connectivity index is 2.91. The minimum atomic E-state index is -4.37. The zero-order chi connectivity index (χ0) is 13.1. The van der Waals surface area contributed by atoms with Crippen LogP contribution in [-0.2, 0) is 6.18 Å². The highest BCUT2D eigenvalue weighted by Crippen LogP contribution is 2.35. The van der Waals surface area contributed by atoms with Crippen LogP contribution in [-0.4, -0.2) is 12.6 Å². The molecule has 0 aliphatic heterocycles. The Kier molecular flexibility index (Phi) is 4.82. The molecule has 96 valence electrons. The van der Waals surface area contributed by atoms with Crippen molar-refractivity contribution in [3.63, 3.8) is 0 Å². The predicted molar refractivity (Wildman–Crippen MR) is 62.9 cm³/mol. The molecule has 1 atom stereocenters. The zero-order valence-corrected chi connectivity index (χ0v) is 10.8. The van der Waals surface area contributed by atoms with Crippen LogP contribution in [0.15, 0.2) is 22.7 Å². The number of benzene rings is 1. The van der Waals surface area contributed by atoms with Crippen LogP contribution < -0.4 is 10.5 Å². The van der Waals surface area contributed by atoms with Gasteiger partial charge in [0.15, 0.2) is 0 Å².